The smallest absolute Gasteiger partial charge is 0.00758 e. The molecule has 0 saturated carbocycles. The molecule has 0 heterocycles. The van der Waals surface area contributed by atoms with Gasteiger partial charge in [-0.2, -0.15) is 0 Å². The van der Waals surface area contributed by atoms with Gasteiger partial charge in [0.15, 0.2) is 0 Å². The molecule has 0 bridgehead atoms. The van der Waals surface area contributed by atoms with E-state index >= 15 is 0 Å². The van der Waals surface area contributed by atoms with Gasteiger partial charge in [-0.15, -0.1) is 6.58 Å². The van der Waals surface area contributed by atoms with E-state index in [0.717, 1.165) is 18.8 Å². The molecule has 0 aromatic rings. The maximum absolute atomic E-state index is 5.93. The third-order valence-corrected chi connectivity index (χ3v) is 2.14. The van der Waals surface area contributed by atoms with Crippen LogP contribution in [0.2, 0.25) is 0 Å². The number of rotatable bonds is 5. The second kappa shape index (κ2) is 5.43. The van der Waals surface area contributed by atoms with Crippen LogP contribution >= 0.6 is 0 Å². The fourth-order valence-electron chi connectivity index (χ4n) is 1.96. The number of nitrogens with two attached hydrogens (primary N) is 1. The monoisotopic (exact) mass is 183 g/mol. The molecule has 78 valence electrons. The van der Waals surface area contributed by atoms with E-state index in [4.69, 9.17) is 5.73 Å². The van der Waals surface area contributed by atoms with Crippen molar-refractivity contribution in [2.75, 3.05) is 0 Å². The maximum Gasteiger partial charge on any atom is 0.00758 e. The van der Waals surface area contributed by atoms with Crippen molar-refractivity contribution in [2.45, 2.75) is 53.0 Å². The highest BCUT2D eigenvalue weighted by molar-refractivity contribution is 4.78. The van der Waals surface area contributed by atoms with E-state index in [-0.39, 0.29) is 0 Å². The number of hydrogen-bond donors (Lipinski definition) is 1. The summed E-state index contributed by atoms with van der Waals surface area (Å²) in [7, 11) is 0. The summed E-state index contributed by atoms with van der Waals surface area (Å²) in [5.74, 6) is 0.718. The zero-order valence-electron chi connectivity index (χ0n) is 9.64. The molecule has 0 spiro atoms. The second-order valence-corrected chi connectivity index (χ2v) is 5.39. The predicted octanol–water partition coefficient (Wildman–Crippen LogP) is 3.35. The van der Waals surface area contributed by atoms with Crippen LogP contribution in [-0.2, 0) is 0 Å². The van der Waals surface area contributed by atoms with Crippen molar-refractivity contribution in [3.63, 3.8) is 0 Å². The first-order valence-corrected chi connectivity index (χ1v) is 5.21. The van der Waals surface area contributed by atoms with E-state index in [1.165, 1.54) is 6.42 Å². The van der Waals surface area contributed by atoms with Gasteiger partial charge in [0.05, 0.1) is 0 Å². The lowest BCUT2D eigenvalue weighted by atomic mass is 9.83. The average Bonchev–Trinajstić information content (AvgIpc) is 1.81. The van der Waals surface area contributed by atoms with Gasteiger partial charge in [-0.3, -0.25) is 0 Å². The highest BCUT2D eigenvalue weighted by atomic mass is 14.6. The van der Waals surface area contributed by atoms with Crippen LogP contribution < -0.4 is 5.73 Å². The van der Waals surface area contributed by atoms with Crippen LogP contribution in [-0.4, -0.2) is 6.04 Å². The van der Waals surface area contributed by atoms with Gasteiger partial charge < -0.3 is 5.73 Å². The minimum absolute atomic E-state index is 0.301. The largest absolute Gasteiger partial charge is 0.327 e. The van der Waals surface area contributed by atoms with Gasteiger partial charge in [-0.05, 0) is 30.6 Å². The summed E-state index contributed by atoms with van der Waals surface area (Å²) in [4.78, 5) is 0. The lowest BCUT2D eigenvalue weighted by molar-refractivity contribution is 0.286. The first-order valence-electron chi connectivity index (χ1n) is 5.21. The van der Waals surface area contributed by atoms with Crippen molar-refractivity contribution >= 4 is 0 Å². The van der Waals surface area contributed by atoms with Gasteiger partial charge in [0.25, 0.3) is 0 Å². The molecule has 0 saturated heterocycles. The average molecular weight is 183 g/mol. The molecule has 0 aromatic carbocycles. The Morgan fingerprint density at radius 3 is 2.31 bits per heavy atom. The van der Waals surface area contributed by atoms with Crippen molar-refractivity contribution in [3.8, 4) is 0 Å². The van der Waals surface area contributed by atoms with E-state index in [2.05, 4.69) is 34.3 Å². The fraction of sp³-hybridized carbons (Fsp3) is 0.833. The summed E-state index contributed by atoms with van der Waals surface area (Å²) < 4.78 is 0. The standard InChI is InChI=1S/C12H25N/c1-6-7-11(13)8-10(2)9-12(3,4)5/h6,10-11H,1,7-9,13H2,2-5H3. The van der Waals surface area contributed by atoms with E-state index in [1.807, 2.05) is 6.08 Å². The molecule has 2 atom stereocenters. The first kappa shape index (κ1) is 12.7. The van der Waals surface area contributed by atoms with Crippen LogP contribution in [0, 0.1) is 11.3 Å². The Kier molecular flexibility index (Phi) is 5.31. The second-order valence-electron chi connectivity index (χ2n) is 5.39. The molecule has 0 aromatic heterocycles. The maximum atomic E-state index is 5.93. The zero-order chi connectivity index (χ0) is 10.5. The van der Waals surface area contributed by atoms with Crippen molar-refractivity contribution in [1.29, 1.82) is 0 Å². The topological polar surface area (TPSA) is 26.0 Å². The Labute approximate surface area is 83.4 Å². The third kappa shape index (κ3) is 8.04. The predicted molar refractivity (Wildman–Crippen MR) is 60.6 cm³/mol. The molecule has 2 N–H and O–H groups in total. The van der Waals surface area contributed by atoms with E-state index in [9.17, 15) is 0 Å². The molecule has 0 radical (unpaired) electrons. The Balaban J connectivity index is 3.73. The summed E-state index contributed by atoms with van der Waals surface area (Å²) >= 11 is 0. The van der Waals surface area contributed by atoms with Crippen molar-refractivity contribution < 1.29 is 0 Å². The third-order valence-electron chi connectivity index (χ3n) is 2.14. The quantitative estimate of drug-likeness (QED) is 0.650. The highest BCUT2D eigenvalue weighted by Crippen LogP contribution is 2.26. The molecule has 0 aliphatic carbocycles. The molecule has 1 nitrogen and oxygen atoms in total. The zero-order valence-corrected chi connectivity index (χ0v) is 9.64. The molecule has 13 heavy (non-hydrogen) atoms. The first-order chi connectivity index (χ1) is 5.85. The van der Waals surface area contributed by atoms with Crippen molar-refractivity contribution in [1.82, 2.24) is 0 Å². The highest BCUT2D eigenvalue weighted by Gasteiger charge is 2.16. The molecular weight excluding hydrogens is 158 g/mol. The Morgan fingerprint density at radius 1 is 1.38 bits per heavy atom. The van der Waals surface area contributed by atoms with Crippen molar-refractivity contribution in [2.24, 2.45) is 17.1 Å². The lowest BCUT2D eigenvalue weighted by Gasteiger charge is -2.24. The van der Waals surface area contributed by atoms with E-state index in [1.54, 1.807) is 0 Å². The van der Waals surface area contributed by atoms with E-state index in [0.29, 0.717) is 11.5 Å². The molecule has 0 amide bonds. The molecule has 0 rings (SSSR count). The summed E-state index contributed by atoms with van der Waals surface area (Å²) in [6.07, 6.45) is 5.21. The van der Waals surface area contributed by atoms with Gasteiger partial charge in [-0.25, -0.2) is 0 Å². The lowest BCUT2D eigenvalue weighted by Crippen LogP contribution is -2.23. The van der Waals surface area contributed by atoms with Crippen LogP contribution in [0.25, 0.3) is 0 Å². The summed E-state index contributed by atoms with van der Waals surface area (Å²) in [5.41, 5.74) is 6.36. The van der Waals surface area contributed by atoms with Crippen molar-refractivity contribution in [3.05, 3.63) is 12.7 Å². The van der Waals surface area contributed by atoms with Gasteiger partial charge >= 0.3 is 0 Å². The number of hydrogen-bond acceptors (Lipinski definition) is 1. The summed E-state index contributed by atoms with van der Waals surface area (Å²) in [5, 5.41) is 0. The van der Waals surface area contributed by atoms with Crippen LogP contribution in [0.15, 0.2) is 12.7 Å². The SMILES string of the molecule is C=CCC(N)CC(C)CC(C)(C)C. The summed E-state index contributed by atoms with van der Waals surface area (Å²) in [6, 6.07) is 0.301. The Bertz CT molecular complexity index is 144. The summed E-state index contributed by atoms with van der Waals surface area (Å²) in [6.45, 7) is 12.8. The fourth-order valence-corrected chi connectivity index (χ4v) is 1.96. The van der Waals surface area contributed by atoms with Gasteiger partial charge in [0.1, 0.15) is 0 Å². The van der Waals surface area contributed by atoms with Crippen LogP contribution in [0.5, 0.6) is 0 Å². The minimum atomic E-state index is 0.301. The normalized spacial score (nSPS) is 16.7. The van der Waals surface area contributed by atoms with Gasteiger partial charge in [0.2, 0.25) is 0 Å². The molecule has 0 aliphatic heterocycles. The van der Waals surface area contributed by atoms with Crippen LogP contribution in [0.1, 0.15) is 47.0 Å². The van der Waals surface area contributed by atoms with E-state index < -0.39 is 0 Å². The van der Waals surface area contributed by atoms with Gasteiger partial charge in [-0.1, -0.05) is 33.8 Å². The molecule has 2 unspecified atom stereocenters. The Morgan fingerprint density at radius 2 is 1.92 bits per heavy atom. The van der Waals surface area contributed by atoms with Crippen LogP contribution in [0.4, 0.5) is 0 Å². The van der Waals surface area contributed by atoms with Crippen LogP contribution in [0.3, 0.4) is 0 Å². The molecule has 0 fully saturated rings. The van der Waals surface area contributed by atoms with Gasteiger partial charge in [0, 0.05) is 6.04 Å². The molecule has 1 heteroatoms. The molecular formula is C12H25N. The molecule has 0 aliphatic rings. The minimum Gasteiger partial charge on any atom is -0.327 e. The Hall–Kier alpha value is -0.300.